The van der Waals surface area contributed by atoms with Crippen LogP contribution in [0.4, 0.5) is 5.69 Å². The zero-order valence-corrected chi connectivity index (χ0v) is 16.2. The van der Waals surface area contributed by atoms with Crippen LogP contribution in [0.1, 0.15) is 55.1 Å². The van der Waals surface area contributed by atoms with E-state index in [0.29, 0.717) is 5.92 Å². The molecule has 2 aliphatic heterocycles. The van der Waals surface area contributed by atoms with Gasteiger partial charge in [-0.15, -0.1) is 0 Å². The third-order valence-electron chi connectivity index (χ3n) is 5.76. The molecule has 1 N–H and O–H groups in total. The van der Waals surface area contributed by atoms with Gasteiger partial charge in [0.2, 0.25) is 0 Å². The van der Waals surface area contributed by atoms with Crippen LogP contribution in [-0.2, 0) is 19.5 Å². The normalized spacial score (nSPS) is 18.2. The number of aromatic nitrogens is 2. The highest BCUT2D eigenvalue weighted by molar-refractivity contribution is 5.60. The quantitative estimate of drug-likeness (QED) is 0.889. The Kier molecular flexibility index (Phi) is 4.90. The summed E-state index contributed by atoms with van der Waals surface area (Å²) in [5.41, 5.74) is 6.59. The second-order valence-electron chi connectivity index (χ2n) is 7.79. The van der Waals surface area contributed by atoms with E-state index in [9.17, 15) is 0 Å². The monoisotopic (exact) mass is 354 g/mol. The molecular formula is C21H30N4O. The molecule has 1 aromatic carbocycles. The number of aromatic amines is 1. The van der Waals surface area contributed by atoms with Gasteiger partial charge >= 0.3 is 0 Å². The Morgan fingerprint density at radius 2 is 2.19 bits per heavy atom. The fourth-order valence-electron chi connectivity index (χ4n) is 4.24. The number of nitrogens with one attached hydrogen (secondary N) is 1. The van der Waals surface area contributed by atoms with Crippen molar-refractivity contribution in [3.63, 3.8) is 0 Å². The first-order valence-electron chi connectivity index (χ1n) is 9.91. The predicted octanol–water partition coefficient (Wildman–Crippen LogP) is 3.70. The maximum Gasteiger partial charge on any atom is 0.143 e. The lowest BCUT2D eigenvalue weighted by Gasteiger charge is -2.30. The Balaban J connectivity index is 1.49. The topological polar surface area (TPSA) is 44.4 Å². The van der Waals surface area contributed by atoms with Crippen LogP contribution in [-0.4, -0.2) is 41.8 Å². The molecule has 1 aromatic heterocycles. The molecule has 140 valence electrons. The Bertz CT molecular complexity index is 769. The number of benzene rings is 1. The zero-order chi connectivity index (χ0) is 18.1. The van der Waals surface area contributed by atoms with Gasteiger partial charge < -0.3 is 9.64 Å². The summed E-state index contributed by atoms with van der Waals surface area (Å²) in [6, 6.07) is 6.66. The molecule has 0 bridgehead atoms. The van der Waals surface area contributed by atoms with E-state index in [-0.39, 0.29) is 0 Å². The number of anilines is 1. The van der Waals surface area contributed by atoms with Crippen LogP contribution in [0.3, 0.4) is 0 Å². The Morgan fingerprint density at radius 1 is 1.31 bits per heavy atom. The largest absolute Gasteiger partial charge is 0.490 e. The first-order chi connectivity index (χ1) is 12.7. The molecule has 0 saturated carbocycles. The van der Waals surface area contributed by atoms with Crippen molar-refractivity contribution in [3.8, 4) is 5.75 Å². The van der Waals surface area contributed by atoms with E-state index in [1.165, 1.54) is 41.0 Å². The number of hydrogen-bond donors (Lipinski definition) is 1. The second kappa shape index (κ2) is 7.31. The van der Waals surface area contributed by atoms with Gasteiger partial charge in [-0.3, -0.25) is 10.00 Å². The fraction of sp³-hybridized carbons (Fsp3) is 0.571. The van der Waals surface area contributed by atoms with E-state index in [2.05, 4.69) is 59.1 Å². The number of fused-ring (bicyclic) bond motifs is 2. The SMILES string of the molecule is CCCC(C)c1n[nH]c2c1CN(Cc1ccc3c(c1)OCCN3C)CC2. The van der Waals surface area contributed by atoms with Gasteiger partial charge in [-0.25, -0.2) is 0 Å². The highest BCUT2D eigenvalue weighted by Crippen LogP contribution is 2.33. The molecule has 0 saturated heterocycles. The smallest absolute Gasteiger partial charge is 0.143 e. The van der Waals surface area contributed by atoms with Gasteiger partial charge in [0.15, 0.2) is 0 Å². The van der Waals surface area contributed by atoms with E-state index in [1.54, 1.807) is 0 Å². The number of ether oxygens (including phenoxy) is 1. The van der Waals surface area contributed by atoms with Gasteiger partial charge in [0.05, 0.1) is 17.9 Å². The minimum absolute atomic E-state index is 0.535. The summed E-state index contributed by atoms with van der Waals surface area (Å²) in [5, 5.41) is 7.94. The number of hydrogen-bond acceptors (Lipinski definition) is 4. The minimum atomic E-state index is 0.535. The van der Waals surface area contributed by atoms with Crippen molar-refractivity contribution in [2.45, 2.75) is 52.1 Å². The summed E-state index contributed by atoms with van der Waals surface area (Å²) < 4.78 is 5.87. The molecule has 0 aliphatic carbocycles. The van der Waals surface area contributed by atoms with E-state index in [1.807, 2.05) is 0 Å². The number of nitrogens with zero attached hydrogens (tertiary/aromatic N) is 3. The maximum absolute atomic E-state index is 5.87. The van der Waals surface area contributed by atoms with Crippen LogP contribution in [0.5, 0.6) is 5.75 Å². The molecule has 2 aromatic rings. The van der Waals surface area contributed by atoms with Crippen molar-refractivity contribution >= 4 is 5.69 Å². The zero-order valence-electron chi connectivity index (χ0n) is 16.2. The molecule has 0 radical (unpaired) electrons. The van der Waals surface area contributed by atoms with Crippen molar-refractivity contribution in [1.82, 2.24) is 15.1 Å². The summed E-state index contributed by atoms with van der Waals surface area (Å²) in [6.45, 7) is 9.32. The fourth-order valence-corrected chi connectivity index (χ4v) is 4.24. The second-order valence-corrected chi connectivity index (χ2v) is 7.79. The Labute approximate surface area is 156 Å². The van der Waals surface area contributed by atoms with Gasteiger partial charge in [-0.2, -0.15) is 5.10 Å². The molecule has 5 nitrogen and oxygen atoms in total. The van der Waals surface area contributed by atoms with E-state index in [0.717, 1.165) is 45.0 Å². The van der Waals surface area contributed by atoms with Crippen LogP contribution >= 0.6 is 0 Å². The number of likely N-dealkylation sites (N-methyl/N-ethyl adjacent to an activating group) is 1. The van der Waals surface area contributed by atoms with Gasteiger partial charge in [0.1, 0.15) is 12.4 Å². The summed E-state index contributed by atoms with van der Waals surface area (Å²) in [4.78, 5) is 4.80. The van der Waals surface area contributed by atoms with Crippen molar-refractivity contribution < 1.29 is 4.74 Å². The molecule has 0 fully saturated rings. The maximum atomic E-state index is 5.87. The first kappa shape index (κ1) is 17.4. The summed E-state index contributed by atoms with van der Waals surface area (Å²) in [7, 11) is 2.13. The van der Waals surface area contributed by atoms with Crippen molar-refractivity contribution in [3.05, 3.63) is 40.7 Å². The van der Waals surface area contributed by atoms with E-state index in [4.69, 9.17) is 4.74 Å². The minimum Gasteiger partial charge on any atom is -0.490 e. The van der Waals surface area contributed by atoms with Crippen LogP contribution < -0.4 is 9.64 Å². The molecule has 0 spiro atoms. The molecule has 0 amide bonds. The standard InChI is InChI=1S/C21H30N4O/c1-4-5-15(2)21-17-14-25(9-8-18(17)22-23-21)13-16-6-7-19-20(12-16)26-11-10-24(19)3/h6-7,12,15H,4-5,8-11,13-14H2,1-3H3,(H,22,23). The molecule has 26 heavy (non-hydrogen) atoms. The van der Waals surface area contributed by atoms with Crippen molar-refractivity contribution in [2.75, 3.05) is 31.6 Å². The Morgan fingerprint density at radius 3 is 3.04 bits per heavy atom. The third kappa shape index (κ3) is 3.32. The summed E-state index contributed by atoms with van der Waals surface area (Å²) >= 11 is 0. The van der Waals surface area contributed by atoms with Crippen LogP contribution in [0.2, 0.25) is 0 Å². The highest BCUT2D eigenvalue weighted by Gasteiger charge is 2.24. The van der Waals surface area contributed by atoms with Crippen LogP contribution in [0.15, 0.2) is 18.2 Å². The molecule has 4 rings (SSSR count). The van der Waals surface area contributed by atoms with E-state index >= 15 is 0 Å². The van der Waals surface area contributed by atoms with Gasteiger partial charge in [-0.05, 0) is 24.1 Å². The number of rotatable bonds is 5. The summed E-state index contributed by atoms with van der Waals surface area (Å²) in [6.07, 6.45) is 3.47. The first-order valence-corrected chi connectivity index (χ1v) is 9.91. The average molecular weight is 354 g/mol. The lowest BCUT2D eigenvalue weighted by Crippen LogP contribution is -2.31. The van der Waals surface area contributed by atoms with Crippen molar-refractivity contribution in [1.29, 1.82) is 0 Å². The molecular weight excluding hydrogens is 324 g/mol. The average Bonchev–Trinajstić information content (AvgIpc) is 3.05. The van der Waals surface area contributed by atoms with E-state index < -0.39 is 0 Å². The summed E-state index contributed by atoms with van der Waals surface area (Å²) in [5.74, 6) is 1.56. The Hall–Kier alpha value is -2.01. The lowest BCUT2D eigenvalue weighted by molar-refractivity contribution is 0.242. The van der Waals surface area contributed by atoms with Crippen LogP contribution in [0, 0.1) is 0 Å². The van der Waals surface area contributed by atoms with Gasteiger partial charge in [0, 0.05) is 50.3 Å². The highest BCUT2D eigenvalue weighted by atomic mass is 16.5. The molecule has 1 unspecified atom stereocenters. The molecule has 2 aliphatic rings. The number of H-pyrrole nitrogens is 1. The molecule has 3 heterocycles. The van der Waals surface area contributed by atoms with Crippen molar-refractivity contribution in [2.24, 2.45) is 0 Å². The van der Waals surface area contributed by atoms with Gasteiger partial charge in [0.25, 0.3) is 0 Å². The third-order valence-corrected chi connectivity index (χ3v) is 5.76. The lowest BCUT2D eigenvalue weighted by atomic mass is 9.95. The van der Waals surface area contributed by atoms with Gasteiger partial charge in [-0.1, -0.05) is 26.3 Å². The molecule has 1 atom stereocenters. The predicted molar refractivity (Wildman–Crippen MR) is 105 cm³/mol. The molecule has 5 heteroatoms. The van der Waals surface area contributed by atoms with Crippen LogP contribution in [0.25, 0.3) is 0 Å².